The number of hydrogen-bond donors (Lipinski definition) is 2. The fraction of sp³-hybridized carbons (Fsp3) is 0.462. The molecule has 0 saturated carbocycles. The molecule has 0 radical (unpaired) electrons. The van der Waals surface area contributed by atoms with Crippen molar-refractivity contribution < 1.29 is 23.1 Å². The first-order valence-corrected chi connectivity index (χ1v) is 7.62. The fourth-order valence-electron chi connectivity index (χ4n) is 1.56. The first kappa shape index (κ1) is 16.6. The van der Waals surface area contributed by atoms with Gasteiger partial charge in [-0.1, -0.05) is 19.1 Å². The molecule has 20 heavy (non-hydrogen) atoms. The van der Waals surface area contributed by atoms with E-state index in [-0.39, 0.29) is 23.0 Å². The van der Waals surface area contributed by atoms with E-state index >= 15 is 0 Å². The molecule has 2 unspecified atom stereocenters. The summed E-state index contributed by atoms with van der Waals surface area (Å²) in [6, 6.07) is 5.35. The van der Waals surface area contributed by atoms with Gasteiger partial charge in [0.15, 0.2) is 0 Å². The number of ether oxygens (including phenoxy) is 1. The van der Waals surface area contributed by atoms with Gasteiger partial charge in [-0.05, 0) is 25.0 Å². The van der Waals surface area contributed by atoms with Crippen LogP contribution in [0.2, 0.25) is 0 Å². The van der Waals surface area contributed by atoms with Crippen LogP contribution in [0.4, 0.5) is 0 Å². The summed E-state index contributed by atoms with van der Waals surface area (Å²) in [5.74, 6) is -0.955. The Kier molecular flexibility index (Phi) is 5.67. The second-order valence-corrected chi connectivity index (χ2v) is 6.24. The monoisotopic (exact) mass is 301 g/mol. The molecule has 0 bridgehead atoms. The van der Waals surface area contributed by atoms with Gasteiger partial charge in [0.2, 0.25) is 10.0 Å². The van der Waals surface area contributed by atoms with Crippen molar-refractivity contribution in [1.29, 1.82) is 0 Å². The smallest absolute Gasteiger partial charge is 0.339 e. The van der Waals surface area contributed by atoms with Crippen LogP contribution >= 0.6 is 0 Å². The number of esters is 1. The third-order valence-corrected chi connectivity index (χ3v) is 4.68. The number of rotatable bonds is 6. The second-order valence-electron chi connectivity index (χ2n) is 4.56. The molecule has 0 amide bonds. The highest BCUT2D eigenvalue weighted by Crippen LogP contribution is 2.17. The van der Waals surface area contributed by atoms with Crippen molar-refractivity contribution in [2.24, 2.45) is 5.92 Å². The van der Waals surface area contributed by atoms with E-state index in [9.17, 15) is 13.2 Å². The number of methoxy groups -OCH3 is 1. The highest BCUT2D eigenvalue weighted by molar-refractivity contribution is 7.89. The molecule has 0 aliphatic rings. The summed E-state index contributed by atoms with van der Waals surface area (Å²) in [7, 11) is -2.67. The summed E-state index contributed by atoms with van der Waals surface area (Å²) >= 11 is 0. The molecule has 1 rings (SSSR count). The van der Waals surface area contributed by atoms with Crippen LogP contribution in [0.5, 0.6) is 0 Å². The lowest BCUT2D eigenvalue weighted by molar-refractivity contribution is 0.0596. The molecule has 6 nitrogen and oxygen atoms in total. The van der Waals surface area contributed by atoms with Crippen molar-refractivity contribution in [2.75, 3.05) is 13.7 Å². The Morgan fingerprint density at radius 1 is 1.35 bits per heavy atom. The first-order valence-electron chi connectivity index (χ1n) is 6.14. The van der Waals surface area contributed by atoms with E-state index in [1.165, 1.54) is 25.3 Å². The number of benzene rings is 1. The van der Waals surface area contributed by atoms with Crippen LogP contribution in [-0.4, -0.2) is 39.3 Å². The Morgan fingerprint density at radius 2 is 1.95 bits per heavy atom. The van der Waals surface area contributed by atoms with Crippen molar-refractivity contribution >= 4 is 16.0 Å². The summed E-state index contributed by atoms with van der Waals surface area (Å²) in [4.78, 5) is 11.5. The maximum absolute atomic E-state index is 12.3. The van der Waals surface area contributed by atoms with Crippen molar-refractivity contribution in [3.05, 3.63) is 29.8 Å². The largest absolute Gasteiger partial charge is 0.465 e. The summed E-state index contributed by atoms with van der Waals surface area (Å²) in [6.45, 7) is 3.24. The predicted octanol–water partition coefficient (Wildman–Crippen LogP) is 0.768. The van der Waals surface area contributed by atoms with Crippen molar-refractivity contribution in [2.45, 2.75) is 24.8 Å². The molecule has 2 N–H and O–H groups in total. The minimum absolute atomic E-state index is 0.0219. The van der Waals surface area contributed by atoms with Gasteiger partial charge in [-0.2, -0.15) is 0 Å². The minimum atomic E-state index is -3.86. The zero-order valence-corrected chi connectivity index (χ0v) is 12.5. The molecule has 112 valence electrons. The lowest BCUT2D eigenvalue weighted by Crippen LogP contribution is -2.38. The van der Waals surface area contributed by atoms with Crippen LogP contribution in [0.25, 0.3) is 0 Å². The molecule has 0 aliphatic carbocycles. The lowest BCUT2D eigenvalue weighted by Gasteiger charge is -2.20. The minimum Gasteiger partial charge on any atom is -0.465 e. The zero-order valence-electron chi connectivity index (χ0n) is 11.7. The number of aliphatic hydroxyl groups is 1. The predicted molar refractivity (Wildman–Crippen MR) is 73.8 cm³/mol. The molecular weight excluding hydrogens is 282 g/mol. The Bertz CT molecular complexity index is 570. The quantitative estimate of drug-likeness (QED) is 0.757. The molecule has 0 heterocycles. The molecule has 0 aromatic heterocycles. The van der Waals surface area contributed by atoms with E-state index in [2.05, 4.69) is 9.46 Å². The molecular formula is C13H19NO5S. The van der Waals surface area contributed by atoms with Crippen molar-refractivity contribution in [3.63, 3.8) is 0 Å². The van der Waals surface area contributed by atoms with Gasteiger partial charge in [-0.3, -0.25) is 0 Å². The third kappa shape index (κ3) is 3.78. The standard InChI is InChI=1S/C13H19NO5S/c1-9(8-15)10(2)14-20(17,18)12-7-5-4-6-11(12)13(16)19-3/h4-7,9-10,14-15H,8H2,1-3H3. The van der Waals surface area contributed by atoms with Gasteiger partial charge in [-0.15, -0.1) is 0 Å². The highest BCUT2D eigenvalue weighted by atomic mass is 32.2. The van der Waals surface area contributed by atoms with Crippen LogP contribution in [0.15, 0.2) is 29.2 Å². The maximum Gasteiger partial charge on any atom is 0.339 e. The van der Waals surface area contributed by atoms with E-state index in [0.29, 0.717) is 0 Å². The van der Waals surface area contributed by atoms with Crippen LogP contribution in [0, 0.1) is 5.92 Å². The number of sulfonamides is 1. The van der Waals surface area contributed by atoms with Gasteiger partial charge in [0, 0.05) is 12.6 Å². The maximum atomic E-state index is 12.3. The summed E-state index contributed by atoms with van der Waals surface area (Å²) < 4.78 is 31.6. The Labute approximate surface area is 118 Å². The summed E-state index contributed by atoms with van der Waals surface area (Å²) in [6.07, 6.45) is 0. The van der Waals surface area contributed by atoms with Crippen LogP contribution < -0.4 is 4.72 Å². The Morgan fingerprint density at radius 3 is 2.50 bits per heavy atom. The number of carbonyl (C=O) groups is 1. The topological polar surface area (TPSA) is 92.7 Å². The van der Waals surface area contributed by atoms with E-state index < -0.39 is 22.0 Å². The third-order valence-electron chi connectivity index (χ3n) is 3.06. The van der Waals surface area contributed by atoms with Gasteiger partial charge in [0.25, 0.3) is 0 Å². The van der Waals surface area contributed by atoms with Gasteiger partial charge < -0.3 is 9.84 Å². The normalized spacial score (nSPS) is 14.6. The number of carbonyl (C=O) groups excluding carboxylic acids is 1. The van der Waals surface area contributed by atoms with E-state index in [1.807, 2.05) is 0 Å². The molecule has 2 atom stereocenters. The average Bonchev–Trinajstić information content (AvgIpc) is 2.44. The number of nitrogens with one attached hydrogen (secondary N) is 1. The second kappa shape index (κ2) is 6.83. The van der Waals surface area contributed by atoms with Crippen molar-refractivity contribution in [1.82, 2.24) is 4.72 Å². The van der Waals surface area contributed by atoms with Crippen LogP contribution in [0.1, 0.15) is 24.2 Å². The van der Waals surface area contributed by atoms with Gasteiger partial charge in [0.05, 0.1) is 17.6 Å². The van der Waals surface area contributed by atoms with Gasteiger partial charge in [0.1, 0.15) is 0 Å². The first-order chi connectivity index (χ1) is 9.33. The van der Waals surface area contributed by atoms with E-state index in [0.717, 1.165) is 0 Å². The number of aliphatic hydroxyl groups excluding tert-OH is 1. The number of hydrogen-bond acceptors (Lipinski definition) is 5. The summed E-state index contributed by atoms with van der Waals surface area (Å²) in [5.41, 5.74) is -0.0219. The highest BCUT2D eigenvalue weighted by Gasteiger charge is 2.25. The molecule has 0 spiro atoms. The molecule has 0 aliphatic heterocycles. The molecule has 0 saturated heterocycles. The van der Waals surface area contributed by atoms with Crippen LogP contribution in [0.3, 0.4) is 0 Å². The Hall–Kier alpha value is -1.44. The molecule has 7 heteroatoms. The zero-order chi connectivity index (χ0) is 15.3. The van der Waals surface area contributed by atoms with E-state index in [4.69, 9.17) is 5.11 Å². The van der Waals surface area contributed by atoms with Gasteiger partial charge >= 0.3 is 5.97 Å². The molecule has 1 aromatic carbocycles. The summed E-state index contributed by atoms with van der Waals surface area (Å²) in [5, 5.41) is 9.04. The molecule has 0 fully saturated rings. The van der Waals surface area contributed by atoms with Gasteiger partial charge in [-0.25, -0.2) is 17.9 Å². The fourth-order valence-corrected chi connectivity index (χ4v) is 3.11. The average molecular weight is 301 g/mol. The Balaban J connectivity index is 3.13. The molecule has 1 aromatic rings. The lowest BCUT2D eigenvalue weighted by atomic mass is 10.1. The van der Waals surface area contributed by atoms with E-state index in [1.54, 1.807) is 19.9 Å². The van der Waals surface area contributed by atoms with Crippen LogP contribution in [-0.2, 0) is 14.8 Å². The van der Waals surface area contributed by atoms with Crippen molar-refractivity contribution in [3.8, 4) is 0 Å². The SMILES string of the molecule is COC(=O)c1ccccc1S(=O)(=O)NC(C)C(C)CO.